The highest BCUT2D eigenvalue weighted by atomic mass is 16.5. The molecule has 3 atom stereocenters. The third-order valence-electron chi connectivity index (χ3n) is 11.5. The average Bonchev–Trinajstić information content (AvgIpc) is 4.08. The van der Waals surface area contributed by atoms with Crippen LogP contribution in [0.5, 0.6) is 5.75 Å². The van der Waals surface area contributed by atoms with Gasteiger partial charge in [-0.15, -0.1) is 0 Å². The molecular formula is C47H54N8O5. The number of amides is 3. The molecule has 3 amide bonds. The fourth-order valence-corrected chi connectivity index (χ4v) is 8.53. The molecule has 1 fully saturated rings. The summed E-state index contributed by atoms with van der Waals surface area (Å²) in [5.41, 5.74) is 7.70. The van der Waals surface area contributed by atoms with E-state index in [1.54, 1.807) is 0 Å². The van der Waals surface area contributed by atoms with Gasteiger partial charge in [-0.05, 0) is 61.4 Å². The second-order valence-corrected chi connectivity index (χ2v) is 16.7. The number of methoxy groups -OCH3 is 1. The van der Waals surface area contributed by atoms with E-state index in [-0.39, 0.29) is 23.8 Å². The number of rotatable bonds is 13. The first kappa shape index (κ1) is 40.4. The van der Waals surface area contributed by atoms with Crippen molar-refractivity contribution in [1.82, 2.24) is 39.6 Å². The molecule has 60 heavy (non-hydrogen) atoms. The smallest absolute Gasteiger partial charge is 0.407 e. The molecule has 0 radical (unpaired) electrons. The molecule has 5 heterocycles. The maximum absolute atomic E-state index is 13.7. The van der Waals surface area contributed by atoms with Crippen LogP contribution in [-0.2, 0) is 20.9 Å². The lowest BCUT2D eigenvalue weighted by molar-refractivity contribution is -0.135. The maximum atomic E-state index is 13.7. The van der Waals surface area contributed by atoms with Crippen molar-refractivity contribution in [3.63, 3.8) is 0 Å². The highest BCUT2D eigenvalue weighted by Gasteiger charge is 2.38. The third kappa shape index (κ3) is 8.00. The lowest BCUT2D eigenvalue weighted by Gasteiger charge is -2.30. The van der Waals surface area contributed by atoms with Crippen LogP contribution < -0.4 is 10.1 Å². The van der Waals surface area contributed by atoms with E-state index in [9.17, 15) is 14.4 Å². The van der Waals surface area contributed by atoms with E-state index in [2.05, 4.69) is 100 Å². The average molecular weight is 811 g/mol. The first-order chi connectivity index (χ1) is 29.0. The maximum Gasteiger partial charge on any atom is 0.407 e. The molecule has 312 valence electrons. The number of fused-ring (bicyclic) bond motifs is 5. The Labute approximate surface area is 350 Å². The van der Waals surface area contributed by atoms with E-state index in [1.165, 1.54) is 7.11 Å². The molecule has 3 N–H and O–H groups in total. The van der Waals surface area contributed by atoms with E-state index < -0.39 is 18.4 Å². The minimum atomic E-state index is -0.700. The number of aromatic amines is 2. The predicted octanol–water partition coefficient (Wildman–Crippen LogP) is 8.86. The number of nitrogens with zero attached hydrogens (tertiary/aromatic N) is 5. The summed E-state index contributed by atoms with van der Waals surface area (Å²) >= 11 is 0. The molecule has 0 unspecified atom stereocenters. The number of ether oxygens (including phenoxy) is 2. The van der Waals surface area contributed by atoms with Gasteiger partial charge in [0.05, 0.1) is 54.7 Å². The Morgan fingerprint density at radius 1 is 0.950 bits per heavy atom. The highest BCUT2D eigenvalue weighted by Crippen LogP contribution is 2.46. The minimum absolute atomic E-state index is 0.115. The lowest BCUT2D eigenvalue weighted by Crippen LogP contribution is -2.51. The Kier molecular flexibility index (Phi) is 11.5. The van der Waals surface area contributed by atoms with Crippen molar-refractivity contribution in [2.75, 3.05) is 20.2 Å². The van der Waals surface area contributed by atoms with E-state index in [1.807, 2.05) is 54.2 Å². The first-order valence-electron chi connectivity index (χ1n) is 21.1. The highest BCUT2D eigenvalue weighted by molar-refractivity contribution is 5.92. The molecule has 3 aromatic heterocycles. The molecule has 13 heteroatoms. The number of aromatic nitrogens is 5. The van der Waals surface area contributed by atoms with Gasteiger partial charge in [0, 0.05) is 47.2 Å². The van der Waals surface area contributed by atoms with Gasteiger partial charge in [0.25, 0.3) is 0 Å². The van der Waals surface area contributed by atoms with Gasteiger partial charge in [0.15, 0.2) is 0 Å². The molecule has 0 bridgehead atoms. The number of nitrogens with one attached hydrogen (secondary N) is 3. The number of alkyl carbamates (subject to hydrolysis) is 1. The lowest BCUT2D eigenvalue weighted by atomic mass is 10.0. The quantitative estimate of drug-likeness (QED) is 0.105. The Bertz CT molecular complexity index is 2500. The van der Waals surface area contributed by atoms with Gasteiger partial charge >= 0.3 is 6.09 Å². The van der Waals surface area contributed by atoms with Crippen LogP contribution >= 0.6 is 0 Å². The fraction of sp³-hybridized carbons (Fsp3) is 0.383. The van der Waals surface area contributed by atoms with Crippen molar-refractivity contribution in [2.45, 2.75) is 85.2 Å². The summed E-state index contributed by atoms with van der Waals surface area (Å²) in [6.45, 7) is 11.7. The van der Waals surface area contributed by atoms with Crippen LogP contribution in [0.15, 0.2) is 85.2 Å². The van der Waals surface area contributed by atoms with Crippen LogP contribution in [0, 0.1) is 11.8 Å². The zero-order chi connectivity index (χ0) is 42.1. The van der Waals surface area contributed by atoms with E-state index >= 15 is 0 Å². The van der Waals surface area contributed by atoms with Crippen LogP contribution in [0.1, 0.15) is 89.8 Å². The Morgan fingerprint density at radius 3 is 2.45 bits per heavy atom. The number of H-pyrrole nitrogens is 2. The standard InChI is InChI=1S/C47H54N8O5/c1-7-19-53(42(56)21-28(2)3)27-41-48-25-35(50-41)32-15-17-34-39-23-33-22-31(16-18-37(33)55(39)46(60-40(34)24-32)30-12-9-8-10-13-30)36-26-49-44(51-36)38-14-11-20-54(38)45(57)43(29(4)5)52-47(58)59-6/h8-10,12-13,15-18,22-26,28-29,38,43,46H,7,11,14,19-21,27H2,1-6H3,(H,48,50)(H,49,51)(H,52,58)/t38-,43-,46-/m0/s1. The zero-order valence-electron chi connectivity index (χ0n) is 35.2. The van der Waals surface area contributed by atoms with Crippen molar-refractivity contribution in [2.24, 2.45) is 11.8 Å². The number of likely N-dealkylation sites (tertiary alicyclic amines) is 1. The van der Waals surface area contributed by atoms with Crippen molar-refractivity contribution in [1.29, 1.82) is 0 Å². The van der Waals surface area contributed by atoms with Gasteiger partial charge in [-0.25, -0.2) is 14.8 Å². The predicted molar refractivity (Wildman–Crippen MR) is 231 cm³/mol. The van der Waals surface area contributed by atoms with Crippen LogP contribution in [0.4, 0.5) is 4.79 Å². The van der Waals surface area contributed by atoms with Crippen LogP contribution in [0.2, 0.25) is 0 Å². The summed E-state index contributed by atoms with van der Waals surface area (Å²) in [6, 6.07) is 24.2. The number of hydrogen-bond donors (Lipinski definition) is 3. The molecule has 0 spiro atoms. The summed E-state index contributed by atoms with van der Waals surface area (Å²) < 4.78 is 14.0. The molecule has 8 rings (SSSR count). The van der Waals surface area contributed by atoms with E-state index in [0.29, 0.717) is 32.0 Å². The third-order valence-corrected chi connectivity index (χ3v) is 11.5. The summed E-state index contributed by atoms with van der Waals surface area (Å²) in [4.78, 5) is 58.9. The molecular weight excluding hydrogens is 757 g/mol. The molecule has 2 aliphatic heterocycles. The Balaban J connectivity index is 1.09. The summed E-state index contributed by atoms with van der Waals surface area (Å²) in [5, 5.41) is 3.77. The molecule has 3 aromatic carbocycles. The van der Waals surface area contributed by atoms with Crippen LogP contribution in [0.3, 0.4) is 0 Å². The van der Waals surface area contributed by atoms with Crippen LogP contribution in [0.25, 0.3) is 44.7 Å². The second kappa shape index (κ2) is 17.1. The summed E-state index contributed by atoms with van der Waals surface area (Å²) in [7, 11) is 1.30. The fourth-order valence-electron chi connectivity index (χ4n) is 8.53. The number of benzene rings is 3. The van der Waals surface area contributed by atoms with Gasteiger partial charge < -0.3 is 39.1 Å². The van der Waals surface area contributed by atoms with Gasteiger partial charge in [-0.3, -0.25) is 9.59 Å². The molecule has 1 saturated heterocycles. The summed E-state index contributed by atoms with van der Waals surface area (Å²) in [5.74, 6) is 2.42. The van der Waals surface area contributed by atoms with Crippen molar-refractivity contribution < 1.29 is 23.9 Å². The minimum Gasteiger partial charge on any atom is -0.465 e. The second-order valence-electron chi connectivity index (χ2n) is 16.7. The molecule has 0 aliphatic carbocycles. The van der Waals surface area contributed by atoms with E-state index in [4.69, 9.17) is 14.5 Å². The Hall–Kier alpha value is -6.37. The molecule has 2 aliphatic rings. The number of carbonyl (C=O) groups is 3. The van der Waals surface area contributed by atoms with Gasteiger partial charge in [-0.1, -0.05) is 77.1 Å². The van der Waals surface area contributed by atoms with Gasteiger partial charge in [0.1, 0.15) is 23.4 Å². The van der Waals surface area contributed by atoms with Crippen LogP contribution in [-0.4, -0.2) is 78.5 Å². The SMILES string of the molecule is CCCN(Cc1ncc(-c2ccc3c(c2)O[C@@H](c2ccccc2)n2c-3cc3cc(-c4cnc([C@@H]5CCCN5C(=O)[C@@H](NC(=O)OC)C(C)C)[nH]4)ccc32)[nH]1)C(=O)CC(C)C. The van der Waals surface area contributed by atoms with E-state index in [0.717, 1.165) is 86.9 Å². The molecule has 13 nitrogen and oxygen atoms in total. The number of imidazole rings is 2. The zero-order valence-corrected chi connectivity index (χ0v) is 35.2. The van der Waals surface area contributed by atoms with Crippen molar-refractivity contribution >= 4 is 28.8 Å². The van der Waals surface area contributed by atoms with Gasteiger partial charge in [0.2, 0.25) is 18.0 Å². The van der Waals surface area contributed by atoms with Crippen molar-refractivity contribution in [3.8, 4) is 39.5 Å². The first-order valence-corrected chi connectivity index (χ1v) is 21.1. The summed E-state index contributed by atoms with van der Waals surface area (Å²) in [6.07, 6.45) is 5.64. The Morgan fingerprint density at radius 2 is 1.70 bits per heavy atom. The van der Waals surface area contributed by atoms with Crippen molar-refractivity contribution in [3.05, 3.63) is 102 Å². The normalized spacial score (nSPS) is 16.4. The monoisotopic (exact) mass is 810 g/mol. The molecule has 0 saturated carbocycles. The topological polar surface area (TPSA) is 150 Å². The number of hydrogen-bond acceptors (Lipinski definition) is 7. The van der Waals surface area contributed by atoms with Gasteiger partial charge in [-0.2, -0.15) is 0 Å². The largest absolute Gasteiger partial charge is 0.465 e. The molecule has 6 aromatic rings. The number of carbonyl (C=O) groups excluding carboxylic acids is 3.